The number of hydrogen-bond acceptors (Lipinski definition) is 4. The Morgan fingerprint density at radius 2 is 1.89 bits per heavy atom. The Hall–Kier alpha value is 0.0700. The van der Waals surface area contributed by atoms with Gasteiger partial charge in [-0.2, -0.15) is 0 Å². The molecule has 0 bridgehead atoms. The first-order valence-corrected chi connectivity index (χ1v) is 3.90. The smallest absolute Gasteiger partial charge is 0.388 e. The zero-order chi connectivity index (χ0) is 6.91. The molecule has 2 N–H and O–H groups in total. The molecule has 0 saturated carbocycles. The lowest BCUT2D eigenvalue weighted by molar-refractivity contribution is -0.00407. The van der Waals surface area contributed by atoms with Crippen LogP contribution in [0.25, 0.3) is 0 Å². The van der Waals surface area contributed by atoms with E-state index in [9.17, 15) is 4.57 Å². The third kappa shape index (κ3) is 2.04. The maximum absolute atomic E-state index is 10.4. The van der Waals surface area contributed by atoms with Crippen LogP contribution in [0, 0.1) is 0 Å². The van der Waals surface area contributed by atoms with E-state index in [0.29, 0.717) is 0 Å². The fourth-order valence-electron chi connectivity index (χ4n) is 0.446. The second-order valence-electron chi connectivity index (χ2n) is 1.71. The van der Waals surface area contributed by atoms with Gasteiger partial charge in [-0.15, -0.1) is 0 Å². The van der Waals surface area contributed by atoms with Gasteiger partial charge in [0.15, 0.2) is 0 Å². The molecule has 9 heavy (non-hydrogen) atoms. The number of hydrogen-bond donors (Lipinski definition) is 2. The first-order valence-electron chi connectivity index (χ1n) is 2.40. The van der Waals surface area contributed by atoms with Crippen molar-refractivity contribution in [2.75, 3.05) is 13.2 Å². The number of phosphoric ester groups is 1. The van der Waals surface area contributed by atoms with Crippen LogP contribution in [0.15, 0.2) is 0 Å². The third-order valence-corrected chi connectivity index (χ3v) is 1.81. The van der Waals surface area contributed by atoms with E-state index in [1.165, 1.54) is 0 Å². The van der Waals surface area contributed by atoms with Gasteiger partial charge < -0.3 is 10.00 Å². The Labute approximate surface area is 51.8 Å². The van der Waals surface area contributed by atoms with Crippen molar-refractivity contribution < 1.29 is 23.6 Å². The van der Waals surface area contributed by atoms with E-state index in [2.05, 4.69) is 9.05 Å². The molecule has 0 atom stereocenters. The molecule has 1 aliphatic heterocycles. The van der Waals surface area contributed by atoms with Crippen molar-refractivity contribution in [1.29, 1.82) is 0 Å². The van der Waals surface area contributed by atoms with Gasteiger partial charge in [-0.25, -0.2) is 4.57 Å². The van der Waals surface area contributed by atoms with E-state index in [4.69, 9.17) is 10.00 Å². The quantitative estimate of drug-likeness (QED) is 0.460. The second-order valence-corrected chi connectivity index (χ2v) is 3.17. The predicted molar refractivity (Wildman–Crippen MR) is 27.7 cm³/mol. The Morgan fingerprint density at radius 3 is 2.22 bits per heavy atom. The molecule has 1 aliphatic rings. The molecule has 0 unspecified atom stereocenters. The molecule has 1 heterocycles. The minimum Gasteiger partial charge on any atom is -0.388 e. The number of phosphoric acid groups is 1. The number of aliphatic hydroxyl groups is 1. The fourth-order valence-corrected chi connectivity index (χ4v) is 1.24. The maximum atomic E-state index is 10.4. The molecule has 0 radical (unpaired) electrons. The van der Waals surface area contributed by atoms with Crippen LogP contribution in [0.5, 0.6) is 0 Å². The Bertz CT molecular complexity index is 133. The molecule has 1 fully saturated rings. The highest BCUT2D eigenvalue weighted by molar-refractivity contribution is 7.47. The van der Waals surface area contributed by atoms with Crippen molar-refractivity contribution in [2.24, 2.45) is 0 Å². The van der Waals surface area contributed by atoms with Gasteiger partial charge in [0.2, 0.25) is 0 Å². The van der Waals surface area contributed by atoms with Crippen LogP contribution < -0.4 is 0 Å². The molecule has 0 aromatic rings. The molecule has 1 rings (SSSR count). The fraction of sp³-hybridized carbons (Fsp3) is 1.00. The summed E-state index contributed by atoms with van der Waals surface area (Å²) in [5, 5.41) is 8.66. The van der Waals surface area contributed by atoms with Crippen molar-refractivity contribution in [3.8, 4) is 0 Å². The predicted octanol–water partition coefficient (Wildman–Crippen LogP) is -0.506. The van der Waals surface area contributed by atoms with Crippen LogP contribution in [-0.2, 0) is 13.6 Å². The minimum absolute atomic E-state index is 0.131. The molecule has 0 spiro atoms. The van der Waals surface area contributed by atoms with Crippen LogP contribution in [0.1, 0.15) is 0 Å². The van der Waals surface area contributed by atoms with Gasteiger partial charge in [-0.1, -0.05) is 0 Å². The Kier molecular flexibility index (Phi) is 1.88. The molecule has 0 aliphatic carbocycles. The van der Waals surface area contributed by atoms with Gasteiger partial charge in [-0.05, 0) is 0 Å². The van der Waals surface area contributed by atoms with Crippen LogP contribution >= 0.6 is 7.82 Å². The lowest BCUT2D eigenvalue weighted by atomic mass is 10.4. The molecule has 0 aromatic carbocycles. The summed E-state index contributed by atoms with van der Waals surface area (Å²) < 4.78 is 18.8. The van der Waals surface area contributed by atoms with Crippen LogP contribution in [0.3, 0.4) is 0 Å². The summed E-state index contributed by atoms with van der Waals surface area (Å²) in [7, 11) is -3.78. The van der Waals surface area contributed by atoms with Crippen molar-refractivity contribution in [1.82, 2.24) is 0 Å². The zero-order valence-electron chi connectivity index (χ0n) is 4.56. The van der Waals surface area contributed by atoms with Crippen molar-refractivity contribution in [3.63, 3.8) is 0 Å². The van der Waals surface area contributed by atoms with Crippen molar-refractivity contribution in [3.05, 3.63) is 0 Å². The molecule has 54 valence electrons. The van der Waals surface area contributed by atoms with E-state index in [-0.39, 0.29) is 13.2 Å². The molecule has 6 heteroatoms. The molecular formula is C3H7O5P. The summed E-state index contributed by atoms with van der Waals surface area (Å²) in [5.74, 6) is 0. The average Bonchev–Trinajstić information content (AvgIpc) is 1.78. The SMILES string of the molecule is O=P1(O)OCC(O)CO1. The van der Waals surface area contributed by atoms with E-state index >= 15 is 0 Å². The summed E-state index contributed by atoms with van der Waals surface area (Å²) in [6, 6.07) is 0. The monoisotopic (exact) mass is 154 g/mol. The van der Waals surface area contributed by atoms with Gasteiger partial charge >= 0.3 is 7.82 Å². The maximum Gasteiger partial charge on any atom is 0.472 e. The van der Waals surface area contributed by atoms with Crippen LogP contribution in [0.2, 0.25) is 0 Å². The molecule has 1 saturated heterocycles. The highest BCUT2D eigenvalue weighted by Gasteiger charge is 2.28. The molecule has 0 aromatic heterocycles. The van der Waals surface area contributed by atoms with E-state index in [1.54, 1.807) is 0 Å². The van der Waals surface area contributed by atoms with E-state index < -0.39 is 13.9 Å². The largest absolute Gasteiger partial charge is 0.472 e. The zero-order valence-corrected chi connectivity index (χ0v) is 5.45. The summed E-state index contributed by atoms with van der Waals surface area (Å²) in [6.45, 7) is -0.262. The van der Waals surface area contributed by atoms with E-state index in [0.717, 1.165) is 0 Å². The normalized spacial score (nSPS) is 44.9. The number of rotatable bonds is 0. The van der Waals surface area contributed by atoms with E-state index in [1.807, 2.05) is 0 Å². The average molecular weight is 154 g/mol. The first-order chi connectivity index (χ1) is 4.10. The standard InChI is InChI=1S/C3H7O5P/c4-3-1-7-9(5,6)8-2-3/h3-4H,1-2H2,(H,5,6). The minimum atomic E-state index is -3.78. The summed E-state index contributed by atoms with van der Waals surface area (Å²) >= 11 is 0. The highest BCUT2D eigenvalue weighted by atomic mass is 31.2. The Morgan fingerprint density at radius 1 is 1.44 bits per heavy atom. The highest BCUT2D eigenvalue weighted by Crippen LogP contribution is 2.45. The summed E-state index contributed by atoms with van der Waals surface area (Å²) in [6.07, 6.45) is -0.778. The Balaban J connectivity index is 2.44. The molecular weight excluding hydrogens is 147 g/mol. The van der Waals surface area contributed by atoms with Crippen LogP contribution in [-0.4, -0.2) is 29.3 Å². The lowest BCUT2D eigenvalue weighted by Gasteiger charge is -2.20. The molecule has 5 nitrogen and oxygen atoms in total. The number of aliphatic hydroxyl groups excluding tert-OH is 1. The first kappa shape index (κ1) is 7.18. The van der Waals surface area contributed by atoms with Gasteiger partial charge in [0.25, 0.3) is 0 Å². The molecule has 0 amide bonds. The van der Waals surface area contributed by atoms with Gasteiger partial charge in [0.1, 0.15) is 6.10 Å². The van der Waals surface area contributed by atoms with Gasteiger partial charge in [0, 0.05) is 0 Å². The van der Waals surface area contributed by atoms with Gasteiger partial charge in [-0.3, -0.25) is 9.05 Å². The van der Waals surface area contributed by atoms with Crippen molar-refractivity contribution >= 4 is 7.82 Å². The second kappa shape index (κ2) is 2.36. The summed E-state index contributed by atoms with van der Waals surface area (Å²) in [4.78, 5) is 8.49. The lowest BCUT2D eigenvalue weighted by Crippen LogP contribution is -2.25. The van der Waals surface area contributed by atoms with Crippen LogP contribution in [0.4, 0.5) is 0 Å². The third-order valence-electron chi connectivity index (χ3n) is 0.860. The van der Waals surface area contributed by atoms with Gasteiger partial charge in [0.05, 0.1) is 13.2 Å². The summed E-state index contributed by atoms with van der Waals surface area (Å²) in [5.41, 5.74) is 0. The van der Waals surface area contributed by atoms with Crippen molar-refractivity contribution in [2.45, 2.75) is 6.10 Å². The topological polar surface area (TPSA) is 76.0 Å².